The maximum Gasteiger partial charge on any atom is 0.174 e. The van der Waals surface area contributed by atoms with Crippen LogP contribution in [-0.2, 0) is 0 Å². The van der Waals surface area contributed by atoms with Crippen molar-refractivity contribution in [1.29, 1.82) is 0 Å². The molecule has 0 unspecified atom stereocenters. The highest BCUT2D eigenvalue weighted by Gasteiger charge is 2.27. The number of fused-ring (bicyclic) bond motifs is 16. The van der Waals surface area contributed by atoms with Crippen molar-refractivity contribution in [3.8, 4) is 45.0 Å². The lowest BCUT2D eigenvalue weighted by atomic mass is 9.98. The average molecular weight is 461 g/mol. The van der Waals surface area contributed by atoms with Crippen molar-refractivity contribution in [2.24, 2.45) is 0 Å². The van der Waals surface area contributed by atoms with E-state index in [9.17, 15) is 0 Å². The van der Waals surface area contributed by atoms with Crippen LogP contribution in [0.25, 0.3) is 89.2 Å². The Morgan fingerprint density at radius 2 is 0.806 bits per heavy atom. The first-order valence-corrected chi connectivity index (χ1v) is 11.9. The van der Waals surface area contributed by atoms with E-state index in [-0.39, 0.29) is 0 Å². The highest BCUT2D eigenvalue weighted by atomic mass is 15.0. The Labute approximate surface area is 204 Å². The van der Waals surface area contributed by atoms with E-state index >= 15 is 0 Å². The second-order valence-electron chi connectivity index (χ2n) is 9.28. The van der Waals surface area contributed by atoms with Crippen molar-refractivity contribution in [2.45, 2.75) is 0 Å². The first-order chi connectivity index (χ1) is 17.8. The largest absolute Gasteiger partial charge is 0.335 e. The van der Waals surface area contributed by atoms with Crippen molar-refractivity contribution in [3.05, 3.63) is 84.9 Å². The number of benzene rings is 4. The molecular formula is C30H16N6. The summed E-state index contributed by atoms with van der Waals surface area (Å²) in [5.74, 6) is 0. The summed E-state index contributed by atoms with van der Waals surface area (Å²) in [7, 11) is 0. The average Bonchev–Trinajstić information content (AvgIpc) is 3.69. The lowest BCUT2D eigenvalue weighted by molar-refractivity contribution is 1.36. The minimum atomic E-state index is 0.703. The summed E-state index contributed by atoms with van der Waals surface area (Å²) >= 11 is 0. The van der Waals surface area contributed by atoms with Crippen molar-refractivity contribution >= 4 is 44.1 Å². The molecule has 2 aliphatic heterocycles. The van der Waals surface area contributed by atoms with Gasteiger partial charge in [-0.2, -0.15) is 0 Å². The second kappa shape index (κ2) is 6.31. The van der Waals surface area contributed by atoms with E-state index in [0.29, 0.717) is 11.3 Å². The molecule has 2 N–H and O–H groups in total. The van der Waals surface area contributed by atoms with Crippen molar-refractivity contribution in [2.75, 3.05) is 0 Å². The fraction of sp³-hybridized carbons (Fsp3) is 0. The molecule has 0 amide bonds. The summed E-state index contributed by atoms with van der Waals surface area (Å²) in [6.07, 6.45) is 0. The third-order valence-electron chi connectivity index (χ3n) is 7.31. The Bertz CT molecular complexity index is 2010. The van der Waals surface area contributed by atoms with Crippen molar-refractivity contribution < 1.29 is 0 Å². The molecule has 6 nitrogen and oxygen atoms in total. The predicted octanol–water partition coefficient (Wildman–Crippen LogP) is 6.95. The van der Waals surface area contributed by atoms with Crippen LogP contribution in [0.1, 0.15) is 0 Å². The van der Waals surface area contributed by atoms with Gasteiger partial charge in [0.1, 0.15) is 0 Å². The van der Waals surface area contributed by atoms with Crippen LogP contribution >= 0.6 is 0 Å². The molecule has 8 bridgehead atoms. The van der Waals surface area contributed by atoms with E-state index in [1.807, 2.05) is 24.3 Å². The lowest BCUT2D eigenvalue weighted by Crippen LogP contribution is -1.82. The molecule has 5 heterocycles. The zero-order valence-corrected chi connectivity index (χ0v) is 18.9. The van der Waals surface area contributed by atoms with Gasteiger partial charge in [-0.25, -0.2) is 19.9 Å². The molecule has 6 heteroatoms. The number of para-hydroxylation sites is 2. The van der Waals surface area contributed by atoms with Gasteiger partial charge in [-0.15, -0.1) is 0 Å². The zero-order chi connectivity index (χ0) is 23.4. The molecule has 2 aliphatic rings. The number of nitrogens with zero attached hydrogens (tertiary/aromatic N) is 4. The molecule has 166 valence electrons. The number of imidazole rings is 2. The molecule has 0 saturated heterocycles. The molecule has 0 radical (unpaired) electrons. The Morgan fingerprint density at radius 3 is 1.25 bits per heavy atom. The smallest absolute Gasteiger partial charge is 0.174 e. The van der Waals surface area contributed by atoms with Gasteiger partial charge in [0.05, 0.1) is 44.8 Å². The summed E-state index contributed by atoms with van der Waals surface area (Å²) in [6, 6.07) is 29.2. The molecule has 0 fully saturated rings. The van der Waals surface area contributed by atoms with E-state index in [0.717, 1.165) is 77.9 Å². The van der Waals surface area contributed by atoms with E-state index in [2.05, 4.69) is 70.6 Å². The molecule has 4 aromatic carbocycles. The summed E-state index contributed by atoms with van der Waals surface area (Å²) in [6.45, 7) is 0. The van der Waals surface area contributed by atoms with Crippen LogP contribution in [0.5, 0.6) is 0 Å². The van der Waals surface area contributed by atoms with Crippen LogP contribution in [-0.4, -0.2) is 29.9 Å². The van der Waals surface area contributed by atoms with Gasteiger partial charge in [0.25, 0.3) is 0 Å². The van der Waals surface area contributed by atoms with Gasteiger partial charge in [-0.05, 0) is 12.1 Å². The minimum absolute atomic E-state index is 0.703. The van der Waals surface area contributed by atoms with Crippen LogP contribution in [0.2, 0.25) is 0 Å². The first kappa shape index (κ1) is 18.3. The fourth-order valence-corrected chi connectivity index (χ4v) is 5.70. The number of nitrogens with one attached hydrogen (secondary N) is 2. The van der Waals surface area contributed by atoms with Crippen LogP contribution < -0.4 is 0 Å². The van der Waals surface area contributed by atoms with E-state index in [4.69, 9.17) is 19.9 Å². The third-order valence-corrected chi connectivity index (χ3v) is 7.31. The summed E-state index contributed by atoms with van der Waals surface area (Å²) in [5.41, 5.74) is 13.0. The maximum absolute atomic E-state index is 5.26. The van der Waals surface area contributed by atoms with Gasteiger partial charge in [0.2, 0.25) is 0 Å². The first-order valence-electron chi connectivity index (χ1n) is 11.9. The number of aromatic amines is 2. The quantitative estimate of drug-likeness (QED) is 0.256. The summed E-state index contributed by atoms with van der Waals surface area (Å²) in [5, 5.41) is 1.98. The second-order valence-corrected chi connectivity index (χ2v) is 9.28. The molecule has 9 rings (SSSR count). The van der Waals surface area contributed by atoms with Gasteiger partial charge < -0.3 is 9.97 Å². The maximum atomic E-state index is 5.26. The summed E-state index contributed by atoms with van der Waals surface area (Å²) < 4.78 is 0. The molecule has 0 spiro atoms. The van der Waals surface area contributed by atoms with E-state index in [1.165, 1.54) is 0 Å². The van der Waals surface area contributed by atoms with Crippen LogP contribution in [0.15, 0.2) is 84.9 Å². The lowest BCUT2D eigenvalue weighted by Gasteiger charge is -2.02. The Hall–Kier alpha value is -5.10. The van der Waals surface area contributed by atoms with Crippen molar-refractivity contribution in [1.82, 2.24) is 29.9 Å². The van der Waals surface area contributed by atoms with Gasteiger partial charge in [-0.3, -0.25) is 0 Å². The van der Waals surface area contributed by atoms with Gasteiger partial charge >= 0.3 is 0 Å². The van der Waals surface area contributed by atoms with Crippen LogP contribution in [0.3, 0.4) is 0 Å². The van der Waals surface area contributed by atoms with Gasteiger partial charge in [0.15, 0.2) is 11.3 Å². The molecule has 0 atom stereocenters. The van der Waals surface area contributed by atoms with E-state index < -0.39 is 0 Å². The SMILES string of the molecule is c1ccc2c(c1)-c1nc-2c2cccc3[nH]c(nc32)c2nc3c(cccc3c3nc1-c1ccccc1-3)[nH]2. The van der Waals surface area contributed by atoms with Gasteiger partial charge in [0, 0.05) is 33.0 Å². The van der Waals surface area contributed by atoms with Gasteiger partial charge in [-0.1, -0.05) is 72.8 Å². The predicted molar refractivity (Wildman–Crippen MR) is 143 cm³/mol. The molecule has 0 aliphatic carbocycles. The third kappa shape index (κ3) is 2.21. The monoisotopic (exact) mass is 460 g/mol. The molecule has 0 saturated carbocycles. The summed E-state index contributed by atoms with van der Waals surface area (Å²) in [4.78, 5) is 27.5. The number of rotatable bonds is 0. The number of aromatic nitrogens is 6. The Balaban J connectivity index is 1.62. The fourth-order valence-electron chi connectivity index (χ4n) is 5.70. The number of hydrogen-bond acceptors (Lipinski definition) is 4. The van der Waals surface area contributed by atoms with Crippen molar-refractivity contribution in [3.63, 3.8) is 0 Å². The molecule has 3 aromatic heterocycles. The van der Waals surface area contributed by atoms with Crippen LogP contribution in [0.4, 0.5) is 0 Å². The van der Waals surface area contributed by atoms with E-state index in [1.54, 1.807) is 0 Å². The zero-order valence-electron chi connectivity index (χ0n) is 18.9. The highest BCUT2D eigenvalue weighted by Crippen LogP contribution is 2.47. The standard InChI is InChI=1S/C30H16N6/c1-3-9-17-15(7-1)23-19-11-5-13-21-25(19)35-29(31-21)30-32-22-14-6-12-20(26(22)36-30)24-16-8-2-4-10-18(16)28(34-24)27(17)33-23/h1-14H,(H,31,35)(H,32,36). The normalized spacial score (nSPS) is 12.4. The van der Waals surface area contributed by atoms with Crippen LogP contribution in [0, 0.1) is 0 Å². The number of hydrogen-bond donors (Lipinski definition) is 2. The molecule has 7 aromatic rings. The highest BCUT2D eigenvalue weighted by molar-refractivity contribution is 6.10. The Morgan fingerprint density at radius 1 is 0.389 bits per heavy atom. The molecular weight excluding hydrogens is 444 g/mol. The minimum Gasteiger partial charge on any atom is -0.335 e. The molecule has 36 heavy (non-hydrogen) atoms. The Kier molecular flexibility index (Phi) is 3.20. The topological polar surface area (TPSA) is 83.1 Å². The number of H-pyrrole nitrogens is 2.